The number of rotatable bonds is 5. The largest absolute Gasteiger partial charge is 0.372 e. The zero-order chi connectivity index (χ0) is 10.4. The van der Waals surface area contributed by atoms with Crippen LogP contribution in [-0.4, -0.2) is 19.6 Å². The number of benzene rings is 1. The number of nitrogens with zero attached hydrogens (tertiary/aromatic N) is 1. The third kappa shape index (κ3) is 3.00. The zero-order valence-electron chi connectivity index (χ0n) is 8.54. The molecule has 0 saturated heterocycles. The summed E-state index contributed by atoms with van der Waals surface area (Å²) >= 11 is 0. The topological polar surface area (TPSA) is 29.3 Å². The lowest BCUT2D eigenvalue weighted by molar-refractivity contribution is 0.626. The van der Waals surface area contributed by atoms with E-state index in [-0.39, 0.29) is 5.82 Å². The van der Waals surface area contributed by atoms with Gasteiger partial charge in [-0.25, -0.2) is 4.39 Å². The molecule has 2 nitrogen and oxygen atoms in total. The predicted molar refractivity (Wildman–Crippen MR) is 58.0 cm³/mol. The van der Waals surface area contributed by atoms with Crippen LogP contribution >= 0.6 is 0 Å². The molecule has 0 unspecified atom stereocenters. The molecule has 14 heavy (non-hydrogen) atoms. The first kappa shape index (κ1) is 11.0. The van der Waals surface area contributed by atoms with E-state index < -0.39 is 0 Å². The van der Waals surface area contributed by atoms with E-state index >= 15 is 0 Å². The van der Waals surface area contributed by atoms with Crippen molar-refractivity contribution >= 4 is 5.69 Å². The van der Waals surface area contributed by atoms with E-state index in [4.69, 9.17) is 5.73 Å². The summed E-state index contributed by atoms with van der Waals surface area (Å²) in [5.74, 6) is -0.186. The second-order valence-electron chi connectivity index (χ2n) is 3.20. The van der Waals surface area contributed by atoms with Crippen molar-refractivity contribution in [1.82, 2.24) is 0 Å². The summed E-state index contributed by atoms with van der Waals surface area (Å²) in [6.45, 7) is 4.49. The molecule has 0 radical (unpaired) electrons. The van der Waals surface area contributed by atoms with Crippen molar-refractivity contribution in [2.75, 3.05) is 24.5 Å². The maximum absolute atomic E-state index is 12.9. The molecular weight excluding hydrogens is 179 g/mol. The number of hydrogen-bond donors (Lipinski definition) is 1. The van der Waals surface area contributed by atoms with Gasteiger partial charge >= 0.3 is 0 Å². The van der Waals surface area contributed by atoms with Gasteiger partial charge in [0.05, 0.1) is 0 Å². The van der Waals surface area contributed by atoms with Crippen LogP contribution in [0.3, 0.4) is 0 Å². The Morgan fingerprint density at radius 3 is 2.79 bits per heavy atom. The van der Waals surface area contributed by atoms with Crippen LogP contribution in [0.2, 0.25) is 0 Å². The van der Waals surface area contributed by atoms with Gasteiger partial charge in [0, 0.05) is 18.8 Å². The highest BCUT2D eigenvalue weighted by Gasteiger charge is 2.03. The van der Waals surface area contributed by atoms with E-state index in [9.17, 15) is 4.39 Å². The summed E-state index contributed by atoms with van der Waals surface area (Å²) in [6, 6.07) is 6.67. The molecule has 0 aliphatic heterocycles. The lowest BCUT2D eigenvalue weighted by atomic mass is 10.2. The van der Waals surface area contributed by atoms with Crippen molar-refractivity contribution < 1.29 is 4.39 Å². The number of anilines is 1. The van der Waals surface area contributed by atoms with Crippen LogP contribution in [0.5, 0.6) is 0 Å². The molecule has 3 heteroatoms. The molecule has 0 fully saturated rings. The van der Waals surface area contributed by atoms with Crippen LogP contribution in [0.1, 0.15) is 13.3 Å². The van der Waals surface area contributed by atoms with Crippen molar-refractivity contribution in [2.45, 2.75) is 13.3 Å². The highest BCUT2D eigenvalue weighted by molar-refractivity contribution is 5.46. The third-order valence-electron chi connectivity index (χ3n) is 2.19. The van der Waals surface area contributed by atoms with Gasteiger partial charge in [0.1, 0.15) is 5.82 Å². The van der Waals surface area contributed by atoms with Crippen molar-refractivity contribution in [1.29, 1.82) is 0 Å². The fourth-order valence-corrected chi connectivity index (χ4v) is 1.42. The first-order chi connectivity index (χ1) is 6.77. The second-order valence-corrected chi connectivity index (χ2v) is 3.20. The van der Waals surface area contributed by atoms with Gasteiger partial charge in [-0.15, -0.1) is 0 Å². The average molecular weight is 196 g/mol. The molecule has 0 aliphatic rings. The Morgan fingerprint density at radius 2 is 2.21 bits per heavy atom. The van der Waals surface area contributed by atoms with Gasteiger partial charge in [-0.3, -0.25) is 0 Å². The minimum absolute atomic E-state index is 0.186. The average Bonchev–Trinajstić information content (AvgIpc) is 2.19. The molecule has 0 spiro atoms. The first-order valence-electron chi connectivity index (χ1n) is 4.98. The first-order valence-corrected chi connectivity index (χ1v) is 4.98. The molecule has 0 heterocycles. The van der Waals surface area contributed by atoms with E-state index in [2.05, 4.69) is 11.8 Å². The van der Waals surface area contributed by atoms with Gasteiger partial charge in [0.15, 0.2) is 0 Å². The summed E-state index contributed by atoms with van der Waals surface area (Å²) in [7, 11) is 0. The van der Waals surface area contributed by atoms with Gasteiger partial charge in [-0.05, 0) is 38.1 Å². The quantitative estimate of drug-likeness (QED) is 0.780. The predicted octanol–water partition coefficient (Wildman–Crippen LogP) is 2.00. The van der Waals surface area contributed by atoms with E-state index in [1.54, 1.807) is 12.1 Å². The summed E-state index contributed by atoms with van der Waals surface area (Å²) in [5, 5.41) is 0. The number of nitrogens with two attached hydrogens (primary N) is 1. The Hall–Kier alpha value is -1.09. The molecule has 0 saturated carbocycles. The van der Waals surface area contributed by atoms with Gasteiger partial charge in [0.2, 0.25) is 0 Å². The maximum Gasteiger partial charge on any atom is 0.125 e. The van der Waals surface area contributed by atoms with Crippen LogP contribution in [0, 0.1) is 5.82 Å². The van der Waals surface area contributed by atoms with Crippen LogP contribution in [0.25, 0.3) is 0 Å². The minimum Gasteiger partial charge on any atom is -0.372 e. The summed E-state index contributed by atoms with van der Waals surface area (Å²) in [6.07, 6.45) is 0.935. The van der Waals surface area contributed by atoms with E-state index in [0.717, 1.165) is 25.2 Å². The Morgan fingerprint density at radius 1 is 1.43 bits per heavy atom. The zero-order valence-corrected chi connectivity index (χ0v) is 8.54. The van der Waals surface area contributed by atoms with Gasteiger partial charge in [-0.1, -0.05) is 6.07 Å². The Labute approximate surface area is 84.5 Å². The fraction of sp³-hybridized carbons (Fsp3) is 0.455. The van der Waals surface area contributed by atoms with Crippen molar-refractivity contribution in [2.24, 2.45) is 5.73 Å². The number of hydrogen-bond acceptors (Lipinski definition) is 2. The van der Waals surface area contributed by atoms with Crippen LogP contribution in [0.4, 0.5) is 10.1 Å². The molecule has 1 aromatic carbocycles. The monoisotopic (exact) mass is 196 g/mol. The standard InChI is InChI=1S/C11H17FN2/c1-2-14(8-4-7-13)11-6-3-5-10(12)9-11/h3,5-6,9H,2,4,7-8,13H2,1H3. The molecule has 0 aliphatic carbocycles. The Balaban J connectivity index is 2.68. The molecule has 0 amide bonds. The molecule has 0 aromatic heterocycles. The fourth-order valence-electron chi connectivity index (χ4n) is 1.42. The summed E-state index contributed by atoms with van der Waals surface area (Å²) < 4.78 is 12.9. The van der Waals surface area contributed by atoms with E-state index in [0.29, 0.717) is 6.54 Å². The highest BCUT2D eigenvalue weighted by atomic mass is 19.1. The van der Waals surface area contributed by atoms with Crippen LogP contribution in [0.15, 0.2) is 24.3 Å². The molecular formula is C11H17FN2. The smallest absolute Gasteiger partial charge is 0.125 e. The molecule has 2 N–H and O–H groups in total. The van der Waals surface area contributed by atoms with E-state index in [1.807, 2.05) is 6.07 Å². The van der Waals surface area contributed by atoms with Crippen LogP contribution in [-0.2, 0) is 0 Å². The SMILES string of the molecule is CCN(CCCN)c1cccc(F)c1. The molecule has 1 rings (SSSR count). The normalized spacial score (nSPS) is 10.2. The van der Waals surface area contributed by atoms with Gasteiger partial charge in [-0.2, -0.15) is 0 Å². The van der Waals surface area contributed by atoms with Gasteiger partial charge in [0.25, 0.3) is 0 Å². The Kier molecular flexibility index (Phi) is 4.40. The maximum atomic E-state index is 12.9. The lowest BCUT2D eigenvalue weighted by Crippen LogP contribution is -2.25. The summed E-state index contributed by atoms with van der Waals surface area (Å²) in [5.41, 5.74) is 6.37. The molecule has 78 valence electrons. The van der Waals surface area contributed by atoms with Crippen molar-refractivity contribution in [3.05, 3.63) is 30.1 Å². The second kappa shape index (κ2) is 5.60. The Bertz CT molecular complexity index is 276. The molecule has 0 atom stereocenters. The van der Waals surface area contributed by atoms with Crippen LogP contribution < -0.4 is 10.6 Å². The van der Waals surface area contributed by atoms with Crippen molar-refractivity contribution in [3.8, 4) is 0 Å². The third-order valence-corrected chi connectivity index (χ3v) is 2.19. The molecule has 0 bridgehead atoms. The minimum atomic E-state index is -0.186. The highest BCUT2D eigenvalue weighted by Crippen LogP contribution is 2.15. The number of halogens is 1. The van der Waals surface area contributed by atoms with Gasteiger partial charge < -0.3 is 10.6 Å². The van der Waals surface area contributed by atoms with E-state index in [1.165, 1.54) is 6.07 Å². The lowest BCUT2D eigenvalue weighted by Gasteiger charge is -2.22. The summed E-state index contributed by atoms with van der Waals surface area (Å²) in [4.78, 5) is 2.12. The van der Waals surface area contributed by atoms with Crippen molar-refractivity contribution in [3.63, 3.8) is 0 Å². The molecule has 1 aromatic rings.